The van der Waals surface area contributed by atoms with Gasteiger partial charge in [-0.3, -0.25) is 4.79 Å². The van der Waals surface area contributed by atoms with Crippen molar-refractivity contribution in [3.05, 3.63) is 300 Å². The van der Waals surface area contributed by atoms with Gasteiger partial charge in [0.1, 0.15) is 79.3 Å². The van der Waals surface area contributed by atoms with Gasteiger partial charge in [-0.1, -0.05) is 249 Å². The highest BCUT2D eigenvalue weighted by atomic mass is 16.8. The van der Waals surface area contributed by atoms with E-state index in [-0.39, 0.29) is 65.4 Å². The topological polar surface area (TPSA) is 186 Å². The van der Waals surface area contributed by atoms with E-state index in [1.54, 1.807) is 6.08 Å². The van der Waals surface area contributed by atoms with Crippen molar-refractivity contribution in [2.75, 3.05) is 13.2 Å². The average molecular weight is 1420 g/mol. The molecule has 1 unspecified atom stereocenters. The van der Waals surface area contributed by atoms with E-state index in [0.717, 1.165) is 44.5 Å². The predicted octanol–water partition coefficient (Wildman–Crippen LogP) is 13.0. The molecule has 21 atom stereocenters. The summed E-state index contributed by atoms with van der Waals surface area (Å²) in [5, 5.41) is 3.12. The van der Waals surface area contributed by atoms with E-state index in [1.807, 2.05) is 263 Å². The van der Waals surface area contributed by atoms with Crippen LogP contribution in [0.1, 0.15) is 78.5 Å². The van der Waals surface area contributed by atoms with Crippen LogP contribution >= 0.6 is 0 Å². The molecule has 8 aromatic rings. The highest BCUT2D eigenvalue weighted by Crippen LogP contribution is 2.42. The van der Waals surface area contributed by atoms with Gasteiger partial charge in [-0.25, -0.2) is 0 Å². The smallest absolute Gasteiger partial charge is 0.217 e. The van der Waals surface area contributed by atoms with Gasteiger partial charge in [-0.05, 0) is 59.7 Å². The van der Waals surface area contributed by atoms with Crippen LogP contribution < -0.4 is 5.32 Å². The first-order valence-electron chi connectivity index (χ1n) is 36.1. The Bertz CT molecular complexity index is 3810. The lowest BCUT2D eigenvalue weighted by Gasteiger charge is -2.53. The van der Waals surface area contributed by atoms with E-state index in [2.05, 4.69) is 11.9 Å². The molecule has 0 spiro atoms. The highest BCUT2D eigenvalue weighted by Gasteiger charge is 2.59. The lowest BCUT2D eigenvalue weighted by Crippen LogP contribution is -2.70. The molecule has 19 nitrogen and oxygen atoms in total. The van der Waals surface area contributed by atoms with Gasteiger partial charge in [0.25, 0.3) is 0 Å². The maximum Gasteiger partial charge on any atom is 0.217 e. The van der Waals surface area contributed by atoms with Crippen molar-refractivity contribution < 1.29 is 85.3 Å². The first kappa shape index (κ1) is 74.6. The normalized spacial score (nSPS) is 30.6. The number of hydrogen-bond donors (Lipinski definition) is 1. The lowest BCUT2D eigenvalue weighted by molar-refractivity contribution is -0.406. The van der Waals surface area contributed by atoms with E-state index in [9.17, 15) is 4.79 Å². The summed E-state index contributed by atoms with van der Waals surface area (Å²) in [6.07, 6.45) is -17.7. The molecule has 0 bridgehead atoms. The summed E-state index contributed by atoms with van der Waals surface area (Å²) in [4.78, 5) is 13.6. The van der Waals surface area contributed by atoms with Crippen LogP contribution in [-0.4, -0.2) is 142 Å². The van der Waals surface area contributed by atoms with Crippen LogP contribution in [0.3, 0.4) is 0 Å². The van der Waals surface area contributed by atoms with Gasteiger partial charge in [-0.15, -0.1) is 6.58 Å². The molecular formula is C85H95NO18. The van der Waals surface area contributed by atoms with Crippen molar-refractivity contribution in [3.8, 4) is 0 Å². The van der Waals surface area contributed by atoms with Crippen molar-refractivity contribution in [2.24, 2.45) is 0 Å². The first-order chi connectivity index (χ1) is 51.1. The van der Waals surface area contributed by atoms with E-state index in [0.29, 0.717) is 0 Å². The third-order valence-corrected chi connectivity index (χ3v) is 19.2. The maximum atomic E-state index is 13.6. The SMILES string of the molecule is C=CCO[C@H]1O[C@@H]2COC(c3ccccc3)O[C@H]2[C@H](O[C@@H]2O[C@@H](C)[C@H](OCc3ccccc3)[C@@H](O[C@@H]3O[C@@H](C)[C@H](OCc4ccccc4)[C@@H](OCc4ccccc4)[C@H]3O[C@@H]3O[C@@H](C)[C@H](OCc4ccccc4)[C@@H](OCc4ccccc4)[C@H]3OCc3ccccc3)[C@H]2OCc2ccccc2)[C@H]1NC(C)=O. The van der Waals surface area contributed by atoms with Gasteiger partial charge in [0, 0.05) is 12.5 Å². The van der Waals surface area contributed by atoms with Crippen molar-refractivity contribution >= 4 is 5.91 Å². The third-order valence-electron chi connectivity index (χ3n) is 19.2. The van der Waals surface area contributed by atoms with Gasteiger partial charge < -0.3 is 85.8 Å². The fourth-order valence-corrected chi connectivity index (χ4v) is 14.0. The van der Waals surface area contributed by atoms with Gasteiger partial charge in [-0.2, -0.15) is 0 Å². The minimum atomic E-state index is -1.35. The molecule has 0 radical (unpaired) electrons. The van der Waals surface area contributed by atoms with E-state index >= 15 is 0 Å². The molecule has 5 fully saturated rings. The number of rotatable bonds is 32. The van der Waals surface area contributed by atoms with Crippen molar-refractivity contribution in [2.45, 2.75) is 203 Å². The minimum Gasteiger partial charge on any atom is -0.368 e. The number of ether oxygens (including phenoxy) is 17. The van der Waals surface area contributed by atoms with E-state index < -0.39 is 129 Å². The zero-order valence-electron chi connectivity index (χ0n) is 59.2. The molecule has 19 heteroatoms. The Morgan fingerprint density at radius 1 is 0.365 bits per heavy atom. The van der Waals surface area contributed by atoms with Gasteiger partial charge in [0.05, 0.1) is 77.8 Å². The zero-order chi connectivity index (χ0) is 71.4. The van der Waals surface area contributed by atoms with Crippen molar-refractivity contribution in [1.82, 2.24) is 5.32 Å². The molecular weight excluding hydrogens is 1320 g/mol. The zero-order valence-corrected chi connectivity index (χ0v) is 59.2. The summed E-state index contributed by atoms with van der Waals surface area (Å²) in [6, 6.07) is 78.2. The summed E-state index contributed by atoms with van der Waals surface area (Å²) >= 11 is 0. The number of nitrogens with one attached hydrogen (secondary N) is 1. The standard InChI is InChI=1S/C85H95NO18/c1-6-47-88-82-69(86-59(5)87)74(73-68(100-82)55-96-81(101-73)67-45-29-14-30-46-67)102-84-79(95-54-66-43-27-13-28-44-66)77(72(58(4)98-84)91-50-62-35-19-9-20-36-62)103-85-80(76(93-52-64-39-23-11-24-40-64)71(57(3)99-85)90-49-61-33-17-8-18-34-61)104-83-78(94-53-65-41-25-12-26-42-65)75(92-51-63-37-21-10-22-38-63)70(56(2)97-83)89-48-60-31-15-7-16-32-60/h6-46,56-58,68-85H,1,47-55H2,2-5H3,(H,86,87)/t56-,57-,58-,68+,69+,70-,71-,72-,73+,74+,75+,76+,77+,78+,79+,80+,81?,82-,83-,84-,85-/m0/s1. The second-order valence-electron chi connectivity index (χ2n) is 26.8. The van der Waals surface area contributed by atoms with E-state index in [4.69, 9.17) is 80.5 Å². The molecule has 5 saturated heterocycles. The number of hydrogen-bond acceptors (Lipinski definition) is 18. The predicted molar refractivity (Wildman–Crippen MR) is 385 cm³/mol. The molecule has 0 aromatic heterocycles. The van der Waals surface area contributed by atoms with Gasteiger partial charge >= 0.3 is 0 Å². The number of benzene rings is 8. The van der Waals surface area contributed by atoms with Crippen LogP contribution in [0.4, 0.5) is 0 Å². The summed E-state index contributed by atoms with van der Waals surface area (Å²) in [7, 11) is 0. The summed E-state index contributed by atoms with van der Waals surface area (Å²) < 4.78 is 122. The molecule has 1 amide bonds. The van der Waals surface area contributed by atoms with Crippen LogP contribution in [0.5, 0.6) is 0 Å². The number of fused-ring (bicyclic) bond motifs is 1. The van der Waals surface area contributed by atoms with Crippen LogP contribution in [0.2, 0.25) is 0 Å². The fraction of sp³-hybridized carbons (Fsp3) is 0.400. The molecule has 0 aliphatic carbocycles. The summed E-state index contributed by atoms with van der Waals surface area (Å²) in [6.45, 7) is 12.5. The van der Waals surface area contributed by atoms with E-state index in [1.165, 1.54) is 6.92 Å². The molecule has 5 aliphatic heterocycles. The largest absolute Gasteiger partial charge is 0.368 e. The Balaban J connectivity index is 0.933. The van der Waals surface area contributed by atoms with Crippen LogP contribution in [0.25, 0.3) is 0 Å². The van der Waals surface area contributed by atoms with Crippen molar-refractivity contribution in [1.29, 1.82) is 0 Å². The minimum absolute atomic E-state index is 0.0566. The molecule has 1 N–H and O–H groups in total. The van der Waals surface area contributed by atoms with Crippen LogP contribution in [0, 0.1) is 0 Å². The monoisotopic (exact) mass is 1420 g/mol. The Labute approximate surface area is 609 Å². The molecule has 5 heterocycles. The first-order valence-corrected chi connectivity index (χ1v) is 36.1. The third kappa shape index (κ3) is 19.7. The molecule has 0 saturated carbocycles. The lowest BCUT2D eigenvalue weighted by atomic mass is 9.94. The maximum absolute atomic E-state index is 13.6. The fourth-order valence-electron chi connectivity index (χ4n) is 14.0. The van der Waals surface area contributed by atoms with Crippen LogP contribution in [-0.2, 0) is 132 Å². The molecule has 8 aromatic carbocycles. The second-order valence-corrected chi connectivity index (χ2v) is 26.8. The van der Waals surface area contributed by atoms with Gasteiger partial charge in [0.15, 0.2) is 31.5 Å². The van der Waals surface area contributed by atoms with Crippen LogP contribution in [0.15, 0.2) is 255 Å². The summed E-state index contributed by atoms with van der Waals surface area (Å²) in [5.41, 5.74) is 7.20. The number of carbonyl (C=O) groups excluding carboxylic acids is 1. The summed E-state index contributed by atoms with van der Waals surface area (Å²) in [5.74, 6) is -0.368. The Kier molecular flexibility index (Phi) is 26.9. The number of amides is 1. The molecule has 104 heavy (non-hydrogen) atoms. The van der Waals surface area contributed by atoms with Crippen molar-refractivity contribution in [3.63, 3.8) is 0 Å². The quantitative estimate of drug-likeness (QED) is 0.0392. The Hall–Kier alpha value is -7.71. The molecule has 5 aliphatic rings. The van der Waals surface area contributed by atoms with Gasteiger partial charge in [0.2, 0.25) is 5.91 Å². The second kappa shape index (κ2) is 37.5. The Morgan fingerprint density at radius 3 is 1.05 bits per heavy atom. The Morgan fingerprint density at radius 2 is 0.673 bits per heavy atom. The molecule has 548 valence electrons. The highest BCUT2D eigenvalue weighted by molar-refractivity contribution is 5.73. The molecule has 13 rings (SSSR count). The average Bonchev–Trinajstić information content (AvgIpc) is 0.761. The number of carbonyl (C=O) groups is 1.